The Bertz CT molecular complexity index is 1890. The van der Waals surface area contributed by atoms with E-state index in [1.54, 1.807) is 11.8 Å². The quantitative estimate of drug-likeness (QED) is 0.272. The van der Waals surface area contributed by atoms with E-state index in [4.69, 9.17) is 23.2 Å². The Labute approximate surface area is 280 Å². The van der Waals surface area contributed by atoms with E-state index in [0.29, 0.717) is 49.4 Å². The van der Waals surface area contributed by atoms with E-state index in [2.05, 4.69) is 35.7 Å². The largest absolute Gasteiger partial charge is 0.573 e. The van der Waals surface area contributed by atoms with Crippen molar-refractivity contribution in [2.45, 2.75) is 56.0 Å². The lowest BCUT2D eigenvalue weighted by Crippen LogP contribution is -2.51. The Morgan fingerprint density at radius 3 is 2.46 bits per heavy atom. The number of amides is 3. The molecule has 3 amide bonds. The minimum absolute atomic E-state index is 0.0127. The average molecular weight is 704 g/mol. The summed E-state index contributed by atoms with van der Waals surface area (Å²) in [6.07, 6.45) is -2.08. The zero-order valence-corrected chi connectivity index (χ0v) is 26.6. The summed E-state index contributed by atoms with van der Waals surface area (Å²) in [7, 11) is 0. The van der Waals surface area contributed by atoms with Crippen LogP contribution in [0.15, 0.2) is 48.7 Å². The number of hydrogen-bond acceptors (Lipinski definition) is 8. The summed E-state index contributed by atoms with van der Waals surface area (Å²) >= 11 is 12.5. The van der Waals surface area contributed by atoms with Gasteiger partial charge in [-0.2, -0.15) is 5.21 Å². The van der Waals surface area contributed by atoms with E-state index in [9.17, 15) is 27.6 Å². The van der Waals surface area contributed by atoms with Crippen molar-refractivity contribution >= 4 is 52.6 Å². The normalized spacial score (nSPS) is 21.4. The van der Waals surface area contributed by atoms with Crippen LogP contribution in [0.4, 0.5) is 24.8 Å². The van der Waals surface area contributed by atoms with Gasteiger partial charge in [0.15, 0.2) is 5.82 Å². The molecule has 1 aliphatic carbocycles. The van der Waals surface area contributed by atoms with Gasteiger partial charge in [0.2, 0.25) is 11.9 Å². The minimum atomic E-state index is -4.87. The van der Waals surface area contributed by atoms with Gasteiger partial charge in [-0.15, -0.1) is 23.4 Å². The fraction of sp³-hybridized carbons (Fsp3) is 0.367. The van der Waals surface area contributed by atoms with Gasteiger partial charge in [0, 0.05) is 35.5 Å². The molecule has 48 heavy (non-hydrogen) atoms. The van der Waals surface area contributed by atoms with Crippen LogP contribution in [0.25, 0.3) is 0 Å². The third kappa shape index (κ3) is 5.72. The van der Waals surface area contributed by atoms with E-state index in [1.165, 1.54) is 46.0 Å². The molecule has 13 nitrogen and oxygen atoms in total. The SMILES string of the molecule is C[C@@]1(Cc2ccc(OC(F)(F)F)cc2)C(=O)N(c2cc(Cl)cc(Cl)c2)c2ncc(C(=O)NC3(C(=O)N4CC[C@@H](c5nn[nH]n5)C4)CC3)n21. The van der Waals surface area contributed by atoms with Crippen molar-refractivity contribution in [3.63, 3.8) is 0 Å². The Balaban J connectivity index is 1.19. The number of aromatic amines is 1. The first-order valence-electron chi connectivity index (χ1n) is 14.9. The van der Waals surface area contributed by atoms with E-state index >= 15 is 0 Å². The third-order valence-corrected chi connectivity index (χ3v) is 9.29. The molecule has 1 saturated heterocycles. The number of likely N-dealkylation sites (tertiary alicyclic amines) is 1. The molecule has 2 aromatic carbocycles. The zero-order chi connectivity index (χ0) is 34.0. The number of benzene rings is 2. The van der Waals surface area contributed by atoms with Gasteiger partial charge in [-0.1, -0.05) is 40.5 Å². The number of tetrazole rings is 1. The fourth-order valence-electron chi connectivity index (χ4n) is 6.44. The number of halogens is 5. The molecule has 0 bridgehead atoms. The van der Waals surface area contributed by atoms with Gasteiger partial charge < -0.3 is 15.0 Å². The van der Waals surface area contributed by atoms with Gasteiger partial charge in [0.25, 0.3) is 11.8 Å². The maximum atomic E-state index is 14.3. The van der Waals surface area contributed by atoms with Crippen molar-refractivity contribution in [3.05, 3.63) is 75.8 Å². The average Bonchev–Trinajstić information content (AvgIpc) is 3.47. The summed E-state index contributed by atoms with van der Waals surface area (Å²) in [5.41, 5.74) is -1.82. The number of carbonyl (C=O) groups excluding carboxylic acids is 3. The number of nitrogens with zero attached hydrogens (tertiary/aromatic N) is 7. The summed E-state index contributed by atoms with van der Waals surface area (Å²) in [6, 6.07) is 9.65. The molecule has 2 fully saturated rings. The maximum Gasteiger partial charge on any atom is 0.573 e. The number of H-pyrrole nitrogens is 1. The minimum Gasteiger partial charge on any atom is -0.406 e. The number of rotatable bonds is 8. The number of anilines is 2. The van der Waals surface area contributed by atoms with Crippen molar-refractivity contribution in [1.29, 1.82) is 0 Å². The van der Waals surface area contributed by atoms with Crippen LogP contribution >= 0.6 is 23.2 Å². The van der Waals surface area contributed by atoms with Gasteiger partial charge >= 0.3 is 6.36 Å². The van der Waals surface area contributed by atoms with Gasteiger partial charge in [-0.05, 0) is 62.1 Å². The second-order valence-corrected chi connectivity index (χ2v) is 13.1. The van der Waals surface area contributed by atoms with Crippen LogP contribution in [-0.2, 0) is 21.5 Å². The maximum absolute atomic E-state index is 14.3. The van der Waals surface area contributed by atoms with Crippen molar-refractivity contribution in [2.75, 3.05) is 18.0 Å². The van der Waals surface area contributed by atoms with Crippen LogP contribution in [0.1, 0.15) is 54.0 Å². The Morgan fingerprint density at radius 1 is 1.12 bits per heavy atom. The van der Waals surface area contributed by atoms with Crippen molar-refractivity contribution < 1.29 is 32.3 Å². The molecule has 1 saturated carbocycles. The third-order valence-electron chi connectivity index (χ3n) is 8.86. The van der Waals surface area contributed by atoms with E-state index < -0.39 is 35.0 Å². The summed E-state index contributed by atoms with van der Waals surface area (Å²) in [4.78, 5) is 49.4. The van der Waals surface area contributed by atoms with Crippen LogP contribution in [0.5, 0.6) is 5.75 Å². The first kappa shape index (κ1) is 31.9. The molecule has 0 unspecified atom stereocenters. The standard InChI is InChI=1S/C30H26Cl2F3N9O4/c1-28(13-16-2-4-21(5-3-16)48-30(33,34)35)25(46)43(20-11-18(31)10-19(32)12-20)27-36-14-22(44(27)28)24(45)37-29(7-8-29)26(47)42-9-6-17(15-42)23-38-40-41-39-23/h2-5,10-12,14,17H,6-9,13,15H2,1H3,(H,37,45)(H,38,39,40,41)/t17-,28-/m1/s1. The number of imidazole rings is 1. The molecule has 2 aromatic heterocycles. The highest BCUT2D eigenvalue weighted by Crippen LogP contribution is 2.45. The van der Waals surface area contributed by atoms with Crippen LogP contribution in [0, 0.1) is 0 Å². The highest BCUT2D eigenvalue weighted by Gasteiger charge is 2.56. The molecule has 4 heterocycles. The smallest absolute Gasteiger partial charge is 0.406 e. The fourth-order valence-corrected chi connectivity index (χ4v) is 6.95. The monoisotopic (exact) mass is 703 g/mol. The number of alkyl halides is 3. The zero-order valence-electron chi connectivity index (χ0n) is 25.1. The molecule has 0 spiro atoms. The lowest BCUT2D eigenvalue weighted by Gasteiger charge is -2.28. The van der Waals surface area contributed by atoms with Crippen LogP contribution in [0.2, 0.25) is 10.0 Å². The molecule has 7 rings (SSSR count). The number of ether oxygens (including phenoxy) is 1. The predicted molar refractivity (Wildman–Crippen MR) is 164 cm³/mol. The molecular weight excluding hydrogens is 678 g/mol. The first-order valence-corrected chi connectivity index (χ1v) is 15.6. The Morgan fingerprint density at radius 2 is 1.83 bits per heavy atom. The van der Waals surface area contributed by atoms with Crippen LogP contribution in [-0.4, -0.2) is 77.8 Å². The number of nitrogens with one attached hydrogen (secondary N) is 2. The Kier molecular flexibility index (Phi) is 7.62. The van der Waals surface area contributed by atoms with E-state index in [0.717, 1.165) is 12.1 Å². The molecule has 4 aromatic rings. The predicted octanol–water partition coefficient (Wildman–Crippen LogP) is 4.52. The second kappa shape index (κ2) is 11.5. The number of hydrogen-bond donors (Lipinski definition) is 2. The second-order valence-electron chi connectivity index (χ2n) is 12.2. The molecule has 3 aliphatic rings. The summed E-state index contributed by atoms with van der Waals surface area (Å²) in [5, 5.41) is 17.5. The molecule has 250 valence electrons. The summed E-state index contributed by atoms with van der Waals surface area (Å²) in [6.45, 7) is 2.45. The highest BCUT2D eigenvalue weighted by molar-refractivity contribution is 6.35. The van der Waals surface area contributed by atoms with Gasteiger partial charge in [-0.3, -0.25) is 19.0 Å². The molecular formula is C30H26Cl2F3N9O4. The van der Waals surface area contributed by atoms with Gasteiger partial charge in [-0.25, -0.2) is 9.88 Å². The molecule has 2 N–H and O–H groups in total. The molecule has 2 aliphatic heterocycles. The highest BCUT2D eigenvalue weighted by atomic mass is 35.5. The number of aromatic nitrogens is 6. The first-order chi connectivity index (χ1) is 22.8. The molecule has 18 heteroatoms. The number of carbonyl (C=O) groups is 3. The topological polar surface area (TPSA) is 151 Å². The van der Waals surface area contributed by atoms with E-state index in [1.807, 2.05) is 0 Å². The van der Waals surface area contributed by atoms with Gasteiger partial charge in [0.1, 0.15) is 22.5 Å². The molecule has 2 atom stereocenters. The van der Waals surface area contributed by atoms with Crippen molar-refractivity contribution in [3.8, 4) is 5.75 Å². The van der Waals surface area contributed by atoms with Crippen LogP contribution < -0.4 is 15.0 Å². The summed E-state index contributed by atoms with van der Waals surface area (Å²) in [5.74, 6) is -1.22. The van der Waals surface area contributed by atoms with Crippen molar-refractivity contribution in [1.82, 2.24) is 40.4 Å². The summed E-state index contributed by atoms with van der Waals surface area (Å²) < 4.78 is 43.7. The van der Waals surface area contributed by atoms with Crippen LogP contribution in [0.3, 0.4) is 0 Å². The molecule has 0 radical (unpaired) electrons. The lowest BCUT2D eigenvalue weighted by molar-refractivity contribution is -0.274. The lowest BCUT2D eigenvalue weighted by atomic mass is 9.91. The Hall–Kier alpha value is -4.70. The van der Waals surface area contributed by atoms with Gasteiger partial charge in [0.05, 0.1) is 11.9 Å². The van der Waals surface area contributed by atoms with Crippen molar-refractivity contribution in [2.24, 2.45) is 0 Å². The van der Waals surface area contributed by atoms with E-state index in [-0.39, 0.29) is 39.9 Å². The number of fused-ring (bicyclic) bond motifs is 1.